The highest BCUT2D eigenvalue weighted by atomic mass is 19.1. The molecule has 1 heterocycles. The van der Waals surface area contributed by atoms with Gasteiger partial charge in [0.2, 0.25) is 0 Å². The molecular formula is C17H18F2N2. The summed E-state index contributed by atoms with van der Waals surface area (Å²) in [6.45, 7) is 1.92. The van der Waals surface area contributed by atoms with Crippen LogP contribution in [0.2, 0.25) is 0 Å². The Morgan fingerprint density at radius 2 is 1.57 bits per heavy atom. The quantitative estimate of drug-likeness (QED) is 0.896. The zero-order valence-corrected chi connectivity index (χ0v) is 11.7. The Morgan fingerprint density at radius 3 is 2.14 bits per heavy atom. The van der Waals surface area contributed by atoms with Crippen LogP contribution in [0.3, 0.4) is 0 Å². The zero-order valence-electron chi connectivity index (χ0n) is 11.7. The molecule has 2 aromatic carbocycles. The van der Waals surface area contributed by atoms with Crippen LogP contribution < -0.4 is 10.6 Å². The number of hydrogen-bond donors (Lipinski definition) is 2. The van der Waals surface area contributed by atoms with Crippen molar-refractivity contribution < 1.29 is 8.78 Å². The van der Waals surface area contributed by atoms with Crippen LogP contribution in [0.4, 0.5) is 14.5 Å². The molecule has 1 aliphatic heterocycles. The minimum Gasteiger partial charge on any atom is -0.378 e. The lowest BCUT2D eigenvalue weighted by Crippen LogP contribution is -2.23. The van der Waals surface area contributed by atoms with Gasteiger partial charge in [-0.05, 0) is 60.8 Å². The Balaban J connectivity index is 1.84. The number of benzene rings is 2. The molecular weight excluding hydrogens is 270 g/mol. The van der Waals surface area contributed by atoms with Crippen molar-refractivity contribution in [3.8, 4) is 0 Å². The van der Waals surface area contributed by atoms with Gasteiger partial charge in [-0.25, -0.2) is 8.78 Å². The predicted molar refractivity (Wildman–Crippen MR) is 80.1 cm³/mol. The van der Waals surface area contributed by atoms with Gasteiger partial charge in [0.1, 0.15) is 11.6 Å². The molecule has 0 aliphatic carbocycles. The minimum atomic E-state index is -0.249. The third-order valence-corrected chi connectivity index (χ3v) is 3.97. The van der Waals surface area contributed by atoms with E-state index in [1.165, 1.54) is 24.3 Å². The average Bonchev–Trinajstić information content (AvgIpc) is 3.02. The van der Waals surface area contributed by atoms with E-state index in [1.54, 1.807) is 12.1 Å². The second kappa shape index (κ2) is 6.22. The SMILES string of the molecule is Fc1ccc(NC(c2ccc(F)cc2)C2CCNC2)cc1. The van der Waals surface area contributed by atoms with Crippen LogP contribution in [-0.2, 0) is 0 Å². The van der Waals surface area contributed by atoms with Gasteiger partial charge in [0.15, 0.2) is 0 Å². The first-order valence-corrected chi connectivity index (χ1v) is 7.20. The molecule has 21 heavy (non-hydrogen) atoms. The van der Waals surface area contributed by atoms with Crippen LogP contribution in [0.5, 0.6) is 0 Å². The number of anilines is 1. The molecule has 2 atom stereocenters. The Kier molecular flexibility index (Phi) is 4.15. The highest BCUT2D eigenvalue weighted by molar-refractivity contribution is 5.46. The van der Waals surface area contributed by atoms with E-state index < -0.39 is 0 Å². The van der Waals surface area contributed by atoms with Gasteiger partial charge in [-0.1, -0.05) is 12.1 Å². The van der Waals surface area contributed by atoms with Gasteiger partial charge in [-0.15, -0.1) is 0 Å². The second-order valence-corrected chi connectivity index (χ2v) is 5.43. The fourth-order valence-corrected chi connectivity index (χ4v) is 2.83. The van der Waals surface area contributed by atoms with Gasteiger partial charge in [0, 0.05) is 12.2 Å². The predicted octanol–water partition coefficient (Wildman–Crippen LogP) is 3.73. The molecule has 0 amide bonds. The van der Waals surface area contributed by atoms with Crippen LogP contribution in [0.15, 0.2) is 48.5 Å². The average molecular weight is 288 g/mol. The number of rotatable bonds is 4. The van der Waals surface area contributed by atoms with E-state index in [2.05, 4.69) is 10.6 Å². The second-order valence-electron chi connectivity index (χ2n) is 5.43. The molecule has 2 nitrogen and oxygen atoms in total. The molecule has 2 N–H and O–H groups in total. The summed E-state index contributed by atoms with van der Waals surface area (Å²) in [5, 5.41) is 6.81. The smallest absolute Gasteiger partial charge is 0.123 e. The minimum absolute atomic E-state index is 0.0889. The van der Waals surface area contributed by atoms with E-state index in [1.807, 2.05) is 12.1 Å². The molecule has 0 aromatic heterocycles. The Labute approximate surface area is 123 Å². The molecule has 0 radical (unpaired) electrons. The summed E-state index contributed by atoms with van der Waals surface area (Å²) < 4.78 is 26.1. The summed E-state index contributed by atoms with van der Waals surface area (Å²) in [6, 6.07) is 13.0. The number of halogens is 2. The van der Waals surface area contributed by atoms with Gasteiger partial charge in [0.05, 0.1) is 6.04 Å². The van der Waals surface area contributed by atoms with E-state index >= 15 is 0 Å². The van der Waals surface area contributed by atoms with Gasteiger partial charge >= 0.3 is 0 Å². The first-order valence-electron chi connectivity index (χ1n) is 7.20. The van der Waals surface area contributed by atoms with Crippen LogP contribution in [0.1, 0.15) is 18.0 Å². The van der Waals surface area contributed by atoms with Crippen molar-refractivity contribution in [1.29, 1.82) is 0 Å². The fourth-order valence-electron chi connectivity index (χ4n) is 2.83. The van der Waals surface area contributed by atoms with Crippen molar-refractivity contribution in [3.05, 3.63) is 65.7 Å². The molecule has 1 saturated heterocycles. The molecule has 110 valence electrons. The molecule has 0 bridgehead atoms. The van der Waals surface area contributed by atoms with Gasteiger partial charge < -0.3 is 10.6 Å². The van der Waals surface area contributed by atoms with Crippen molar-refractivity contribution in [2.24, 2.45) is 5.92 Å². The molecule has 4 heteroatoms. The van der Waals surface area contributed by atoms with Crippen molar-refractivity contribution >= 4 is 5.69 Å². The highest BCUT2D eigenvalue weighted by Crippen LogP contribution is 2.30. The van der Waals surface area contributed by atoms with Crippen LogP contribution in [-0.4, -0.2) is 13.1 Å². The molecule has 0 spiro atoms. The number of hydrogen-bond acceptors (Lipinski definition) is 2. The third kappa shape index (κ3) is 3.39. The summed E-state index contributed by atoms with van der Waals surface area (Å²) in [4.78, 5) is 0. The van der Waals surface area contributed by atoms with E-state index in [-0.39, 0.29) is 17.7 Å². The van der Waals surface area contributed by atoms with E-state index in [0.29, 0.717) is 5.92 Å². The third-order valence-electron chi connectivity index (χ3n) is 3.97. The summed E-state index contributed by atoms with van der Waals surface area (Å²) in [5.74, 6) is -0.0502. The van der Waals surface area contributed by atoms with Crippen molar-refractivity contribution in [3.63, 3.8) is 0 Å². The normalized spacial score (nSPS) is 19.4. The molecule has 1 fully saturated rings. The van der Waals surface area contributed by atoms with Gasteiger partial charge in [-0.3, -0.25) is 0 Å². The van der Waals surface area contributed by atoms with E-state index in [0.717, 1.165) is 30.8 Å². The first-order chi connectivity index (χ1) is 10.2. The maximum absolute atomic E-state index is 13.1. The maximum Gasteiger partial charge on any atom is 0.123 e. The lowest BCUT2D eigenvalue weighted by molar-refractivity contribution is 0.496. The maximum atomic E-state index is 13.1. The molecule has 0 saturated carbocycles. The summed E-state index contributed by atoms with van der Waals surface area (Å²) in [6.07, 6.45) is 1.07. The molecule has 2 unspecified atom stereocenters. The fraction of sp³-hybridized carbons (Fsp3) is 0.294. The summed E-state index contributed by atoms with van der Waals surface area (Å²) in [7, 11) is 0. The van der Waals surface area contributed by atoms with Crippen molar-refractivity contribution in [2.45, 2.75) is 12.5 Å². The van der Waals surface area contributed by atoms with Crippen LogP contribution in [0.25, 0.3) is 0 Å². The topological polar surface area (TPSA) is 24.1 Å². The molecule has 1 aliphatic rings. The Hall–Kier alpha value is -1.94. The van der Waals surface area contributed by atoms with Crippen molar-refractivity contribution in [1.82, 2.24) is 5.32 Å². The lowest BCUT2D eigenvalue weighted by Gasteiger charge is -2.26. The largest absolute Gasteiger partial charge is 0.378 e. The molecule has 3 rings (SSSR count). The highest BCUT2D eigenvalue weighted by Gasteiger charge is 2.26. The van der Waals surface area contributed by atoms with Gasteiger partial charge in [-0.2, -0.15) is 0 Å². The zero-order chi connectivity index (χ0) is 14.7. The lowest BCUT2D eigenvalue weighted by atomic mass is 9.92. The van der Waals surface area contributed by atoms with E-state index in [9.17, 15) is 8.78 Å². The van der Waals surface area contributed by atoms with E-state index in [4.69, 9.17) is 0 Å². The first kappa shape index (κ1) is 14.0. The van der Waals surface area contributed by atoms with Crippen LogP contribution >= 0.6 is 0 Å². The monoisotopic (exact) mass is 288 g/mol. The summed E-state index contributed by atoms with van der Waals surface area (Å²) >= 11 is 0. The van der Waals surface area contributed by atoms with Crippen LogP contribution in [0, 0.1) is 17.6 Å². The molecule has 2 aromatic rings. The van der Waals surface area contributed by atoms with Gasteiger partial charge in [0.25, 0.3) is 0 Å². The number of nitrogens with one attached hydrogen (secondary N) is 2. The Morgan fingerprint density at radius 1 is 0.952 bits per heavy atom. The standard InChI is InChI=1S/C17H18F2N2/c18-14-3-1-12(2-4-14)17(13-9-10-20-11-13)21-16-7-5-15(19)6-8-16/h1-8,13,17,20-21H,9-11H2. The summed E-state index contributed by atoms with van der Waals surface area (Å²) in [5.41, 5.74) is 1.92. The Bertz CT molecular complexity index is 575. The van der Waals surface area contributed by atoms with Crippen molar-refractivity contribution in [2.75, 3.05) is 18.4 Å².